The first kappa shape index (κ1) is 10.1. The summed E-state index contributed by atoms with van der Waals surface area (Å²) in [4.78, 5) is 2.28. The van der Waals surface area contributed by atoms with Gasteiger partial charge in [-0.15, -0.1) is 0 Å². The van der Waals surface area contributed by atoms with E-state index in [4.69, 9.17) is 0 Å². The van der Waals surface area contributed by atoms with Gasteiger partial charge in [0.05, 0.1) is 0 Å². The Hall–Kier alpha value is 0.0300. The fourth-order valence-electron chi connectivity index (χ4n) is 1.37. The quantitative estimate of drug-likeness (QED) is 0.568. The van der Waals surface area contributed by atoms with Crippen LogP contribution in [0.25, 0.3) is 0 Å². The van der Waals surface area contributed by atoms with Crippen LogP contribution in [0.2, 0.25) is 0 Å². The van der Waals surface area contributed by atoms with E-state index in [1.54, 1.807) is 0 Å². The monoisotopic (exact) mass is 191 g/mol. The molecule has 4 nitrogen and oxygen atoms in total. The second-order valence-corrected chi connectivity index (χ2v) is 4.23. The Morgan fingerprint density at radius 1 is 1.25 bits per heavy atom. The van der Waals surface area contributed by atoms with Crippen molar-refractivity contribution in [1.29, 1.82) is 0 Å². The van der Waals surface area contributed by atoms with Crippen LogP contribution in [0, 0.1) is 0 Å². The van der Waals surface area contributed by atoms with Gasteiger partial charge in [-0.3, -0.25) is 9.11 Å². The Balaban J connectivity index is 2.34. The molecule has 0 aliphatic carbocycles. The molecule has 1 rings (SSSR count). The van der Waals surface area contributed by atoms with Crippen LogP contribution in [0.4, 0.5) is 0 Å². The van der Waals surface area contributed by atoms with E-state index in [9.17, 15) is 8.76 Å². The number of rotatable bonds is 2. The van der Waals surface area contributed by atoms with Crippen LogP contribution >= 0.6 is 0 Å². The van der Waals surface area contributed by atoms with Gasteiger partial charge in [0, 0.05) is 43.5 Å². The summed E-state index contributed by atoms with van der Waals surface area (Å²) < 4.78 is 22.5. The van der Waals surface area contributed by atoms with Crippen molar-refractivity contribution >= 4 is 11.3 Å². The van der Waals surface area contributed by atoms with Crippen LogP contribution in [0.3, 0.4) is 0 Å². The van der Waals surface area contributed by atoms with Gasteiger partial charge in [-0.1, -0.05) is 0 Å². The lowest BCUT2D eigenvalue weighted by Gasteiger charge is -2.37. The van der Waals surface area contributed by atoms with Crippen molar-refractivity contribution in [2.75, 3.05) is 26.2 Å². The lowest BCUT2D eigenvalue weighted by Crippen LogP contribution is -2.49. The zero-order chi connectivity index (χ0) is 9.14. The van der Waals surface area contributed by atoms with Crippen LogP contribution in [0.5, 0.6) is 0 Å². The van der Waals surface area contributed by atoms with Gasteiger partial charge in [0.1, 0.15) is 0 Å². The van der Waals surface area contributed by atoms with Crippen molar-refractivity contribution in [1.82, 2.24) is 9.21 Å². The average Bonchev–Trinajstić information content (AvgIpc) is 2.04. The Morgan fingerprint density at radius 2 is 1.75 bits per heavy atom. The van der Waals surface area contributed by atoms with Crippen molar-refractivity contribution in [3.05, 3.63) is 0 Å². The van der Waals surface area contributed by atoms with Crippen LogP contribution in [0.1, 0.15) is 13.8 Å². The molecular formula is C7H15N2O2S-. The van der Waals surface area contributed by atoms with Crippen LogP contribution in [-0.4, -0.2) is 50.2 Å². The fourth-order valence-corrected chi connectivity index (χ4v) is 1.83. The van der Waals surface area contributed by atoms with Crippen LogP contribution in [0.15, 0.2) is 0 Å². The number of hydrogen-bond donors (Lipinski definition) is 0. The maximum Gasteiger partial charge on any atom is 0.0231 e. The highest BCUT2D eigenvalue weighted by Gasteiger charge is 2.18. The van der Waals surface area contributed by atoms with E-state index in [-0.39, 0.29) is 0 Å². The molecule has 0 aromatic heterocycles. The van der Waals surface area contributed by atoms with E-state index in [1.165, 1.54) is 4.31 Å². The van der Waals surface area contributed by atoms with Crippen molar-refractivity contribution < 1.29 is 8.76 Å². The summed E-state index contributed by atoms with van der Waals surface area (Å²) in [6.45, 7) is 7.23. The molecule has 0 spiro atoms. The van der Waals surface area contributed by atoms with Gasteiger partial charge in [0.2, 0.25) is 0 Å². The van der Waals surface area contributed by atoms with Gasteiger partial charge >= 0.3 is 0 Å². The fraction of sp³-hybridized carbons (Fsp3) is 1.00. The van der Waals surface area contributed by atoms with Crippen molar-refractivity contribution in [3.63, 3.8) is 0 Å². The molecule has 0 aromatic rings. The lowest BCUT2D eigenvalue weighted by molar-refractivity contribution is 0.152. The van der Waals surface area contributed by atoms with Crippen molar-refractivity contribution in [2.24, 2.45) is 0 Å². The van der Waals surface area contributed by atoms with Crippen LogP contribution in [-0.2, 0) is 11.3 Å². The Labute approximate surface area is 76.0 Å². The first-order valence-electron chi connectivity index (χ1n) is 4.19. The molecule has 0 aromatic carbocycles. The third-order valence-corrected chi connectivity index (χ3v) is 3.00. The molecule has 72 valence electrons. The Bertz CT molecular complexity index is 167. The number of piperazine rings is 1. The highest BCUT2D eigenvalue weighted by molar-refractivity contribution is 7.76. The molecule has 1 saturated heterocycles. The average molecular weight is 191 g/mol. The molecule has 12 heavy (non-hydrogen) atoms. The maximum absolute atomic E-state index is 10.5. The summed E-state index contributed by atoms with van der Waals surface area (Å²) in [5, 5.41) is 0. The molecule has 1 heterocycles. The topological polar surface area (TPSA) is 46.6 Å². The first-order chi connectivity index (χ1) is 5.61. The predicted octanol–water partition coefficient (Wildman–Crippen LogP) is -0.194. The minimum absolute atomic E-state index is 0.521. The second kappa shape index (κ2) is 4.32. The summed E-state index contributed by atoms with van der Waals surface area (Å²) in [5.41, 5.74) is 0. The second-order valence-electron chi connectivity index (χ2n) is 3.28. The zero-order valence-corrected chi connectivity index (χ0v) is 8.34. The van der Waals surface area contributed by atoms with E-state index in [2.05, 4.69) is 18.7 Å². The molecular weight excluding hydrogens is 176 g/mol. The molecule has 1 aliphatic heterocycles. The first-order valence-corrected chi connectivity index (χ1v) is 5.23. The van der Waals surface area contributed by atoms with E-state index in [0.717, 1.165) is 13.1 Å². The van der Waals surface area contributed by atoms with Gasteiger partial charge in [0.25, 0.3) is 0 Å². The van der Waals surface area contributed by atoms with Crippen LogP contribution < -0.4 is 0 Å². The van der Waals surface area contributed by atoms with E-state index in [0.29, 0.717) is 19.1 Å². The summed E-state index contributed by atoms with van der Waals surface area (Å²) in [6, 6.07) is 0.521. The molecule has 1 fully saturated rings. The van der Waals surface area contributed by atoms with E-state index in [1.807, 2.05) is 0 Å². The largest absolute Gasteiger partial charge is 0.760 e. The van der Waals surface area contributed by atoms with Gasteiger partial charge in [0.15, 0.2) is 0 Å². The van der Waals surface area contributed by atoms with Gasteiger partial charge in [-0.05, 0) is 13.8 Å². The normalized spacial score (nSPS) is 24.7. The van der Waals surface area contributed by atoms with Crippen molar-refractivity contribution in [2.45, 2.75) is 19.9 Å². The maximum atomic E-state index is 10.5. The molecule has 0 radical (unpaired) electrons. The Morgan fingerprint density at radius 3 is 2.08 bits per heavy atom. The standard InChI is InChI=1S/C7H16N2O2S/c1-7(2)8-3-5-9(6-4-8)12(10)11/h7H,3-6H2,1-2H3,(H,10,11)/p-1. The Kier molecular flexibility index (Phi) is 3.64. The third kappa shape index (κ3) is 2.52. The van der Waals surface area contributed by atoms with Gasteiger partial charge < -0.3 is 4.55 Å². The summed E-state index contributed by atoms with van der Waals surface area (Å²) in [5.74, 6) is 0. The minimum atomic E-state index is -2.02. The van der Waals surface area contributed by atoms with Crippen molar-refractivity contribution in [3.8, 4) is 0 Å². The van der Waals surface area contributed by atoms with E-state index >= 15 is 0 Å². The number of hydrogen-bond acceptors (Lipinski definition) is 3. The molecule has 1 aliphatic rings. The predicted molar refractivity (Wildman–Crippen MR) is 47.2 cm³/mol. The molecule has 5 heteroatoms. The molecule has 0 amide bonds. The lowest BCUT2D eigenvalue weighted by atomic mass is 10.3. The molecule has 1 atom stereocenters. The van der Waals surface area contributed by atoms with Gasteiger partial charge in [-0.2, -0.15) is 0 Å². The highest BCUT2D eigenvalue weighted by atomic mass is 32.2. The summed E-state index contributed by atoms with van der Waals surface area (Å²) in [7, 11) is 0. The zero-order valence-electron chi connectivity index (χ0n) is 7.52. The molecule has 0 saturated carbocycles. The highest BCUT2D eigenvalue weighted by Crippen LogP contribution is 2.06. The minimum Gasteiger partial charge on any atom is -0.760 e. The molecule has 0 N–H and O–H groups in total. The SMILES string of the molecule is CC(C)N1CCN(S(=O)[O-])CC1. The number of nitrogens with zero attached hydrogens (tertiary/aromatic N) is 2. The summed E-state index contributed by atoms with van der Waals surface area (Å²) in [6.07, 6.45) is 0. The van der Waals surface area contributed by atoms with E-state index < -0.39 is 11.3 Å². The third-order valence-electron chi connectivity index (χ3n) is 2.21. The van der Waals surface area contributed by atoms with Gasteiger partial charge in [-0.25, -0.2) is 4.31 Å². The molecule has 0 bridgehead atoms. The smallest absolute Gasteiger partial charge is 0.0231 e. The molecule has 1 unspecified atom stereocenters. The summed E-state index contributed by atoms with van der Waals surface area (Å²) >= 11 is -2.02.